The molecular weight excluding hydrogens is 219 g/mol. The van der Waals surface area contributed by atoms with Crippen LogP contribution in [-0.2, 0) is 0 Å². The first-order valence-electron chi connectivity index (χ1n) is 6.21. The van der Waals surface area contributed by atoms with Crippen LogP contribution in [-0.4, -0.2) is 7.85 Å². The van der Waals surface area contributed by atoms with E-state index in [0.29, 0.717) is 5.92 Å². The molecule has 2 rings (SSSR count). The molecule has 18 heavy (non-hydrogen) atoms. The van der Waals surface area contributed by atoms with Crippen LogP contribution in [0.4, 0.5) is 0 Å². The van der Waals surface area contributed by atoms with Crippen LogP contribution in [0.5, 0.6) is 11.5 Å². The van der Waals surface area contributed by atoms with Gasteiger partial charge in [0.2, 0.25) is 0 Å². The molecule has 0 bridgehead atoms. The zero-order chi connectivity index (χ0) is 13.1. The Balaban J connectivity index is 2.36. The predicted molar refractivity (Wildman–Crippen MR) is 77.2 cm³/mol. The van der Waals surface area contributed by atoms with Crippen LogP contribution in [0, 0.1) is 6.92 Å². The Kier molecular flexibility index (Phi) is 3.76. The molecule has 0 heterocycles. The van der Waals surface area contributed by atoms with Crippen molar-refractivity contribution < 1.29 is 4.74 Å². The molecule has 0 saturated heterocycles. The smallest absolute Gasteiger partial charge is 0.130 e. The summed E-state index contributed by atoms with van der Waals surface area (Å²) >= 11 is 0. The van der Waals surface area contributed by atoms with Gasteiger partial charge in [0.25, 0.3) is 0 Å². The summed E-state index contributed by atoms with van der Waals surface area (Å²) < 4.78 is 5.91. The van der Waals surface area contributed by atoms with Crippen molar-refractivity contribution >= 4 is 13.3 Å². The Hall–Kier alpha value is -1.70. The van der Waals surface area contributed by atoms with E-state index in [1.165, 1.54) is 0 Å². The minimum Gasteiger partial charge on any atom is -0.458 e. The van der Waals surface area contributed by atoms with E-state index in [4.69, 9.17) is 12.6 Å². The Labute approximate surface area is 110 Å². The number of benzene rings is 2. The van der Waals surface area contributed by atoms with Gasteiger partial charge in [-0.2, -0.15) is 0 Å². The van der Waals surface area contributed by atoms with Gasteiger partial charge in [-0.05, 0) is 36.1 Å². The molecule has 1 nitrogen and oxygen atoms in total. The summed E-state index contributed by atoms with van der Waals surface area (Å²) in [7, 11) is 6.16. The summed E-state index contributed by atoms with van der Waals surface area (Å²) in [5, 5.41) is 0. The summed E-state index contributed by atoms with van der Waals surface area (Å²) in [6.45, 7) is 6.28. The third-order valence-corrected chi connectivity index (χ3v) is 3.04. The van der Waals surface area contributed by atoms with E-state index in [1.807, 2.05) is 49.4 Å². The van der Waals surface area contributed by atoms with Gasteiger partial charge in [0.15, 0.2) is 0 Å². The molecule has 2 heteroatoms. The lowest BCUT2D eigenvalue weighted by molar-refractivity contribution is 0.482. The molecule has 0 aromatic heterocycles. The molecule has 90 valence electrons. The zero-order valence-electron chi connectivity index (χ0n) is 11.1. The average molecular weight is 236 g/mol. The lowest BCUT2D eigenvalue weighted by atomic mass is 9.84. The van der Waals surface area contributed by atoms with Crippen molar-refractivity contribution in [3.05, 3.63) is 53.6 Å². The topological polar surface area (TPSA) is 9.23 Å². The first kappa shape index (κ1) is 12.8. The summed E-state index contributed by atoms with van der Waals surface area (Å²) in [4.78, 5) is 0. The van der Waals surface area contributed by atoms with E-state index in [1.54, 1.807) is 0 Å². The minimum atomic E-state index is 0.394. The van der Waals surface area contributed by atoms with E-state index >= 15 is 0 Å². The van der Waals surface area contributed by atoms with Crippen molar-refractivity contribution in [2.45, 2.75) is 26.7 Å². The Morgan fingerprint density at radius 3 is 2.28 bits per heavy atom. The first-order valence-corrected chi connectivity index (χ1v) is 6.21. The SMILES string of the molecule is [B]c1c(Oc2ccccc2C)cccc1C(C)C. The molecule has 2 aromatic rings. The van der Waals surface area contributed by atoms with Gasteiger partial charge in [-0.3, -0.25) is 0 Å². The van der Waals surface area contributed by atoms with Crippen LogP contribution in [0.2, 0.25) is 0 Å². The van der Waals surface area contributed by atoms with Crippen molar-refractivity contribution in [3.8, 4) is 11.5 Å². The van der Waals surface area contributed by atoms with Gasteiger partial charge >= 0.3 is 0 Å². The van der Waals surface area contributed by atoms with E-state index in [0.717, 1.165) is 28.1 Å². The van der Waals surface area contributed by atoms with Crippen molar-refractivity contribution in [1.82, 2.24) is 0 Å². The third-order valence-electron chi connectivity index (χ3n) is 3.04. The van der Waals surface area contributed by atoms with Crippen LogP contribution in [0.1, 0.15) is 30.9 Å². The van der Waals surface area contributed by atoms with Crippen molar-refractivity contribution in [2.75, 3.05) is 0 Å². The molecule has 0 spiro atoms. The average Bonchev–Trinajstić information content (AvgIpc) is 2.34. The fraction of sp³-hybridized carbons (Fsp3) is 0.250. The predicted octanol–water partition coefficient (Wildman–Crippen LogP) is 3.70. The second-order valence-corrected chi connectivity index (χ2v) is 4.78. The molecule has 2 aromatic carbocycles. The van der Waals surface area contributed by atoms with Gasteiger partial charge in [0.05, 0.1) is 0 Å². The van der Waals surface area contributed by atoms with Gasteiger partial charge in [-0.1, -0.05) is 49.6 Å². The largest absolute Gasteiger partial charge is 0.458 e. The number of aryl methyl sites for hydroxylation is 1. The van der Waals surface area contributed by atoms with Crippen molar-refractivity contribution in [2.24, 2.45) is 0 Å². The zero-order valence-corrected chi connectivity index (χ0v) is 11.1. The van der Waals surface area contributed by atoms with E-state index in [-0.39, 0.29) is 0 Å². The maximum Gasteiger partial charge on any atom is 0.130 e. The second-order valence-electron chi connectivity index (χ2n) is 4.78. The maximum atomic E-state index is 6.16. The number of hydrogen-bond acceptors (Lipinski definition) is 1. The molecule has 0 N–H and O–H groups in total. The van der Waals surface area contributed by atoms with E-state index in [2.05, 4.69) is 13.8 Å². The van der Waals surface area contributed by atoms with Crippen molar-refractivity contribution in [3.63, 3.8) is 0 Å². The molecule has 0 saturated carbocycles. The maximum absolute atomic E-state index is 6.16. The first-order chi connectivity index (χ1) is 8.59. The molecule has 0 aliphatic rings. The Morgan fingerprint density at radius 1 is 0.944 bits per heavy atom. The highest BCUT2D eigenvalue weighted by atomic mass is 16.5. The number of ether oxygens (including phenoxy) is 1. The summed E-state index contributed by atoms with van der Waals surface area (Å²) in [6, 6.07) is 13.9. The lowest BCUT2D eigenvalue weighted by Gasteiger charge is -2.16. The summed E-state index contributed by atoms with van der Waals surface area (Å²) in [6.07, 6.45) is 0. The summed E-state index contributed by atoms with van der Waals surface area (Å²) in [5.41, 5.74) is 2.96. The van der Waals surface area contributed by atoms with Gasteiger partial charge in [-0.25, -0.2) is 0 Å². The van der Waals surface area contributed by atoms with Crippen LogP contribution in [0.3, 0.4) is 0 Å². The Morgan fingerprint density at radius 2 is 1.61 bits per heavy atom. The van der Waals surface area contributed by atoms with Crippen LogP contribution >= 0.6 is 0 Å². The molecular formula is C16H17BO. The van der Waals surface area contributed by atoms with Crippen LogP contribution in [0.15, 0.2) is 42.5 Å². The molecule has 2 radical (unpaired) electrons. The van der Waals surface area contributed by atoms with Gasteiger partial charge in [0.1, 0.15) is 19.3 Å². The Bertz CT molecular complexity index is 547. The van der Waals surface area contributed by atoms with E-state index in [9.17, 15) is 0 Å². The monoisotopic (exact) mass is 236 g/mol. The number of rotatable bonds is 3. The van der Waals surface area contributed by atoms with E-state index < -0.39 is 0 Å². The highest BCUT2D eigenvalue weighted by Gasteiger charge is 2.09. The standard InChI is InChI=1S/C16H17BO/c1-11(2)13-8-6-10-15(16(13)17)18-14-9-5-4-7-12(14)3/h4-11H,1-3H3. The third kappa shape index (κ3) is 2.58. The molecule has 0 atom stereocenters. The normalized spacial score (nSPS) is 10.7. The molecule has 0 aliphatic carbocycles. The van der Waals surface area contributed by atoms with Crippen LogP contribution < -0.4 is 10.2 Å². The number of hydrogen-bond donors (Lipinski definition) is 0. The number of para-hydroxylation sites is 1. The van der Waals surface area contributed by atoms with Gasteiger partial charge < -0.3 is 4.74 Å². The lowest BCUT2D eigenvalue weighted by Crippen LogP contribution is -2.14. The quantitative estimate of drug-likeness (QED) is 0.738. The van der Waals surface area contributed by atoms with Crippen LogP contribution in [0.25, 0.3) is 0 Å². The second kappa shape index (κ2) is 5.30. The van der Waals surface area contributed by atoms with Gasteiger partial charge in [0, 0.05) is 0 Å². The molecule has 0 amide bonds. The molecule has 0 fully saturated rings. The summed E-state index contributed by atoms with van der Waals surface area (Å²) in [5.74, 6) is 1.98. The highest BCUT2D eigenvalue weighted by molar-refractivity contribution is 6.35. The fourth-order valence-electron chi connectivity index (χ4n) is 1.94. The molecule has 0 unspecified atom stereocenters. The highest BCUT2D eigenvalue weighted by Crippen LogP contribution is 2.25. The van der Waals surface area contributed by atoms with Gasteiger partial charge in [-0.15, -0.1) is 0 Å². The molecule has 0 aliphatic heterocycles. The fourth-order valence-corrected chi connectivity index (χ4v) is 1.94. The van der Waals surface area contributed by atoms with Crippen molar-refractivity contribution in [1.29, 1.82) is 0 Å². The minimum absolute atomic E-state index is 0.394.